The Labute approximate surface area is 140 Å². The molecule has 0 aliphatic rings. The predicted molar refractivity (Wildman–Crippen MR) is 96.6 cm³/mol. The highest BCUT2D eigenvalue weighted by molar-refractivity contribution is 5.96. The average molecular weight is 321 g/mol. The molecule has 5 heteroatoms. The molecule has 3 rings (SSSR count). The van der Waals surface area contributed by atoms with Gasteiger partial charge in [0.1, 0.15) is 0 Å². The molecule has 2 aromatic carbocycles. The number of rotatable bonds is 5. The van der Waals surface area contributed by atoms with E-state index in [9.17, 15) is 4.79 Å². The molecule has 1 N–H and O–H groups in total. The summed E-state index contributed by atoms with van der Waals surface area (Å²) in [6, 6.07) is 19.2. The van der Waals surface area contributed by atoms with Crippen LogP contribution in [0.25, 0.3) is 10.9 Å². The Hall–Kier alpha value is -3.08. The third-order valence-electron chi connectivity index (χ3n) is 3.73. The summed E-state index contributed by atoms with van der Waals surface area (Å²) >= 11 is 0. The van der Waals surface area contributed by atoms with Crippen molar-refractivity contribution in [2.24, 2.45) is 0 Å². The summed E-state index contributed by atoms with van der Waals surface area (Å²) in [7, 11) is 3.48. The molecule has 1 amide bonds. The maximum absolute atomic E-state index is 12.2. The number of carbonyl (C=O) groups excluding carboxylic acids is 1. The Morgan fingerprint density at radius 2 is 1.92 bits per heavy atom. The Morgan fingerprint density at radius 1 is 1.12 bits per heavy atom. The van der Waals surface area contributed by atoms with Crippen LogP contribution in [0.2, 0.25) is 0 Å². The number of methoxy groups -OCH3 is 1. The maximum Gasteiger partial charge on any atom is 0.243 e. The van der Waals surface area contributed by atoms with Crippen molar-refractivity contribution in [2.45, 2.75) is 0 Å². The number of amides is 1. The molecule has 0 aliphatic heterocycles. The van der Waals surface area contributed by atoms with Crippen LogP contribution in [0.3, 0.4) is 0 Å². The molecule has 1 aromatic heterocycles. The number of para-hydroxylation sites is 1. The van der Waals surface area contributed by atoms with Crippen molar-refractivity contribution < 1.29 is 9.53 Å². The summed E-state index contributed by atoms with van der Waals surface area (Å²) in [6.07, 6.45) is 0. The molecule has 0 spiro atoms. The number of hydrogen-bond donors (Lipinski definition) is 1. The summed E-state index contributed by atoms with van der Waals surface area (Å²) in [5.74, 6) is 0.506. The molecule has 0 bridgehead atoms. The topological polar surface area (TPSA) is 54.5 Å². The number of anilines is 2. The number of ether oxygens (including phenoxy) is 1. The van der Waals surface area contributed by atoms with Crippen LogP contribution in [0.5, 0.6) is 5.88 Å². The van der Waals surface area contributed by atoms with Crippen molar-refractivity contribution in [1.82, 2.24) is 4.98 Å². The third kappa shape index (κ3) is 3.63. The Morgan fingerprint density at radius 3 is 2.67 bits per heavy atom. The van der Waals surface area contributed by atoms with E-state index in [1.807, 2.05) is 66.5 Å². The van der Waals surface area contributed by atoms with E-state index in [0.29, 0.717) is 5.88 Å². The van der Waals surface area contributed by atoms with Crippen molar-refractivity contribution in [1.29, 1.82) is 0 Å². The highest BCUT2D eigenvalue weighted by atomic mass is 16.5. The highest BCUT2D eigenvalue weighted by Crippen LogP contribution is 2.20. The summed E-state index contributed by atoms with van der Waals surface area (Å²) in [5.41, 5.74) is 2.58. The van der Waals surface area contributed by atoms with Gasteiger partial charge in [-0.3, -0.25) is 4.79 Å². The fraction of sp³-hybridized carbons (Fsp3) is 0.158. The largest absolute Gasteiger partial charge is 0.481 e. The van der Waals surface area contributed by atoms with E-state index in [4.69, 9.17) is 4.74 Å². The molecular formula is C19H19N3O2. The molecule has 5 nitrogen and oxygen atoms in total. The van der Waals surface area contributed by atoms with E-state index in [2.05, 4.69) is 10.3 Å². The first-order valence-corrected chi connectivity index (χ1v) is 7.66. The fourth-order valence-electron chi connectivity index (χ4n) is 2.49. The summed E-state index contributed by atoms with van der Waals surface area (Å²) in [5, 5.41) is 3.87. The number of likely N-dealkylation sites (N-methyl/N-ethyl adjacent to an activating group) is 1. The van der Waals surface area contributed by atoms with E-state index >= 15 is 0 Å². The minimum absolute atomic E-state index is 0.0674. The second-order valence-electron chi connectivity index (χ2n) is 5.50. The lowest BCUT2D eigenvalue weighted by atomic mass is 10.2. The first kappa shape index (κ1) is 15.8. The Bertz CT molecular complexity index is 850. The van der Waals surface area contributed by atoms with E-state index in [0.717, 1.165) is 22.3 Å². The zero-order valence-electron chi connectivity index (χ0n) is 13.7. The second kappa shape index (κ2) is 7.00. The molecule has 0 aliphatic carbocycles. The van der Waals surface area contributed by atoms with Crippen LogP contribution in [-0.2, 0) is 4.79 Å². The van der Waals surface area contributed by atoms with Gasteiger partial charge < -0.3 is 15.0 Å². The van der Waals surface area contributed by atoms with Crippen LogP contribution in [-0.4, -0.2) is 31.6 Å². The summed E-state index contributed by atoms with van der Waals surface area (Å²) in [6.45, 7) is 0.281. The monoisotopic (exact) mass is 321 g/mol. The van der Waals surface area contributed by atoms with Crippen molar-refractivity contribution in [3.8, 4) is 5.88 Å². The minimum Gasteiger partial charge on any atom is -0.481 e. The molecule has 3 aromatic rings. The van der Waals surface area contributed by atoms with Crippen LogP contribution >= 0.6 is 0 Å². The normalized spacial score (nSPS) is 10.4. The molecule has 0 saturated heterocycles. The minimum atomic E-state index is -0.0674. The number of fused-ring (bicyclic) bond motifs is 1. The van der Waals surface area contributed by atoms with Crippen molar-refractivity contribution in [2.75, 3.05) is 30.9 Å². The molecule has 0 saturated carbocycles. The first-order chi connectivity index (χ1) is 11.7. The number of hydrogen-bond acceptors (Lipinski definition) is 4. The van der Waals surface area contributed by atoms with Crippen molar-refractivity contribution in [3.63, 3.8) is 0 Å². The first-order valence-electron chi connectivity index (χ1n) is 7.66. The SMILES string of the molecule is COc1ccc2cc(NC(=O)CN(C)c3ccccc3)ccc2n1. The zero-order chi connectivity index (χ0) is 16.9. The lowest BCUT2D eigenvalue weighted by Crippen LogP contribution is -2.29. The number of pyridine rings is 1. The molecule has 24 heavy (non-hydrogen) atoms. The molecule has 1 heterocycles. The number of nitrogens with zero attached hydrogens (tertiary/aromatic N) is 2. The molecule has 0 radical (unpaired) electrons. The summed E-state index contributed by atoms with van der Waals surface area (Å²) in [4.78, 5) is 18.5. The molecule has 0 fully saturated rings. The lowest BCUT2D eigenvalue weighted by molar-refractivity contribution is -0.114. The maximum atomic E-state index is 12.2. The van der Waals surface area contributed by atoms with Crippen LogP contribution < -0.4 is 15.0 Å². The number of nitrogens with one attached hydrogen (secondary N) is 1. The molecule has 0 atom stereocenters. The van der Waals surface area contributed by atoms with Crippen LogP contribution in [0.4, 0.5) is 11.4 Å². The van der Waals surface area contributed by atoms with Gasteiger partial charge in [-0.1, -0.05) is 18.2 Å². The van der Waals surface area contributed by atoms with Gasteiger partial charge in [0.25, 0.3) is 0 Å². The number of benzene rings is 2. The number of aromatic nitrogens is 1. The lowest BCUT2D eigenvalue weighted by Gasteiger charge is -2.18. The van der Waals surface area contributed by atoms with Crippen LogP contribution in [0.1, 0.15) is 0 Å². The van der Waals surface area contributed by atoms with E-state index in [-0.39, 0.29) is 12.5 Å². The highest BCUT2D eigenvalue weighted by Gasteiger charge is 2.08. The van der Waals surface area contributed by atoms with Gasteiger partial charge in [0.15, 0.2) is 0 Å². The molecule has 0 unspecified atom stereocenters. The van der Waals surface area contributed by atoms with Gasteiger partial charge in [0.2, 0.25) is 11.8 Å². The predicted octanol–water partition coefficient (Wildman–Crippen LogP) is 3.32. The van der Waals surface area contributed by atoms with Gasteiger partial charge in [-0.05, 0) is 36.4 Å². The third-order valence-corrected chi connectivity index (χ3v) is 3.73. The van der Waals surface area contributed by atoms with Gasteiger partial charge >= 0.3 is 0 Å². The van der Waals surface area contributed by atoms with Crippen LogP contribution in [0, 0.1) is 0 Å². The molecule has 122 valence electrons. The van der Waals surface area contributed by atoms with Crippen LogP contribution in [0.15, 0.2) is 60.7 Å². The Balaban J connectivity index is 1.69. The summed E-state index contributed by atoms with van der Waals surface area (Å²) < 4.78 is 5.12. The zero-order valence-corrected chi connectivity index (χ0v) is 13.7. The van der Waals surface area contributed by atoms with Gasteiger partial charge in [-0.15, -0.1) is 0 Å². The van der Waals surface area contributed by atoms with E-state index < -0.39 is 0 Å². The average Bonchev–Trinajstić information content (AvgIpc) is 2.61. The van der Waals surface area contributed by atoms with E-state index in [1.165, 1.54) is 0 Å². The Kier molecular flexibility index (Phi) is 4.61. The van der Waals surface area contributed by atoms with Crippen molar-refractivity contribution in [3.05, 3.63) is 60.7 Å². The smallest absolute Gasteiger partial charge is 0.243 e. The quantitative estimate of drug-likeness (QED) is 0.783. The second-order valence-corrected chi connectivity index (χ2v) is 5.50. The fourth-order valence-corrected chi connectivity index (χ4v) is 2.49. The van der Waals surface area contributed by atoms with E-state index in [1.54, 1.807) is 13.2 Å². The van der Waals surface area contributed by atoms with Gasteiger partial charge in [0.05, 0.1) is 19.2 Å². The van der Waals surface area contributed by atoms with Gasteiger partial charge in [0, 0.05) is 29.9 Å². The standard InChI is InChI=1S/C19H19N3O2/c1-22(16-6-4-3-5-7-16)13-18(23)20-15-9-10-17-14(12-15)8-11-19(21-17)24-2/h3-12H,13H2,1-2H3,(H,20,23). The molecular weight excluding hydrogens is 302 g/mol. The van der Waals surface area contributed by atoms with Gasteiger partial charge in [-0.25, -0.2) is 4.98 Å². The number of carbonyl (C=O) groups is 1. The van der Waals surface area contributed by atoms with Crippen molar-refractivity contribution >= 4 is 28.2 Å². The van der Waals surface area contributed by atoms with Gasteiger partial charge in [-0.2, -0.15) is 0 Å².